The molecule has 0 atom stereocenters. The molecule has 0 fully saturated rings. The molecule has 0 aromatic heterocycles. The van der Waals surface area contributed by atoms with Crippen LogP contribution in [-0.4, -0.2) is 34.2 Å². The van der Waals surface area contributed by atoms with Gasteiger partial charge in [0.2, 0.25) is 0 Å². The van der Waals surface area contributed by atoms with Crippen LogP contribution < -0.4 is 0 Å². The highest BCUT2D eigenvalue weighted by molar-refractivity contribution is 4.83. The molecule has 0 unspecified atom stereocenters. The van der Waals surface area contributed by atoms with E-state index in [0.29, 0.717) is 0 Å². The predicted octanol–water partition coefficient (Wildman–Crippen LogP) is 5.75. The SMILES string of the molecule is C.CC(C)(C)OC(C)(C)C.CN(C(C)(C)C)C(C)(C)C. The van der Waals surface area contributed by atoms with E-state index in [1.807, 2.05) is 0 Å². The van der Waals surface area contributed by atoms with E-state index in [1.54, 1.807) is 0 Å². The van der Waals surface area contributed by atoms with E-state index in [0.717, 1.165) is 0 Å². The van der Waals surface area contributed by atoms with Crippen molar-refractivity contribution in [1.29, 1.82) is 0 Å². The van der Waals surface area contributed by atoms with Gasteiger partial charge in [-0.15, -0.1) is 0 Å². The lowest BCUT2D eigenvalue weighted by atomic mass is 9.98. The van der Waals surface area contributed by atoms with Crippen molar-refractivity contribution in [2.75, 3.05) is 7.05 Å². The van der Waals surface area contributed by atoms with Gasteiger partial charge in [0, 0.05) is 11.1 Å². The predicted molar refractivity (Wildman–Crippen MR) is 94.6 cm³/mol. The maximum Gasteiger partial charge on any atom is 0.0605 e. The Hall–Kier alpha value is -0.0800. The smallest absolute Gasteiger partial charge is 0.0605 e. The first-order chi connectivity index (χ1) is 7.86. The third-order valence-corrected chi connectivity index (χ3v) is 2.62. The normalized spacial score (nSPS) is 13.5. The van der Waals surface area contributed by atoms with E-state index in [4.69, 9.17) is 4.74 Å². The Labute approximate surface area is 130 Å². The largest absolute Gasteiger partial charge is 0.370 e. The van der Waals surface area contributed by atoms with Crippen LogP contribution in [-0.2, 0) is 4.74 Å². The number of hydrogen-bond donors (Lipinski definition) is 0. The summed E-state index contributed by atoms with van der Waals surface area (Å²) in [4.78, 5) is 2.38. The first kappa shape index (κ1) is 24.9. The van der Waals surface area contributed by atoms with E-state index >= 15 is 0 Å². The third kappa shape index (κ3) is 16.0. The zero-order valence-electron chi connectivity index (χ0n) is 15.9. The van der Waals surface area contributed by atoms with Crippen molar-refractivity contribution in [1.82, 2.24) is 4.90 Å². The summed E-state index contributed by atoms with van der Waals surface area (Å²) in [6.45, 7) is 25.8. The van der Waals surface area contributed by atoms with Gasteiger partial charge in [0.1, 0.15) is 0 Å². The Morgan fingerprint density at radius 3 is 0.750 bits per heavy atom. The molecule has 0 rings (SSSR count). The van der Waals surface area contributed by atoms with E-state index in [9.17, 15) is 0 Å². The third-order valence-electron chi connectivity index (χ3n) is 2.62. The summed E-state index contributed by atoms with van der Waals surface area (Å²) < 4.78 is 5.62. The minimum Gasteiger partial charge on any atom is -0.370 e. The molecular formula is C18H43NO. The molecule has 0 amide bonds. The standard InChI is InChI=1S/C9H21N.C8H18O.CH4/c1-8(2,3)10(7)9(4,5)6;1-7(2,3)9-8(4,5)6;/h1-7H3;1-6H3;1H4. The first-order valence-electron chi connectivity index (χ1n) is 7.30. The molecule has 0 saturated carbocycles. The lowest BCUT2D eigenvalue weighted by Gasteiger charge is -2.42. The summed E-state index contributed by atoms with van der Waals surface area (Å²) in [5.41, 5.74) is 0.521. The number of ether oxygens (including phenoxy) is 1. The second-order valence-electron chi connectivity index (χ2n) is 9.23. The first-order valence-corrected chi connectivity index (χ1v) is 7.30. The molecule has 0 aromatic rings. The Morgan fingerprint density at radius 1 is 0.550 bits per heavy atom. The molecule has 0 aromatic carbocycles. The van der Waals surface area contributed by atoms with Crippen LogP contribution in [0.1, 0.15) is 90.5 Å². The topological polar surface area (TPSA) is 12.5 Å². The molecule has 0 heterocycles. The Balaban J connectivity index is -0.000000277. The molecule has 0 aliphatic rings. The van der Waals surface area contributed by atoms with Crippen LogP contribution in [0.25, 0.3) is 0 Å². The quantitative estimate of drug-likeness (QED) is 0.563. The Bertz CT molecular complexity index is 217. The van der Waals surface area contributed by atoms with E-state index in [-0.39, 0.29) is 29.7 Å². The minimum absolute atomic E-state index is 0. The maximum absolute atomic E-state index is 5.62. The summed E-state index contributed by atoms with van der Waals surface area (Å²) in [7, 11) is 2.17. The monoisotopic (exact) mass is 289 g/mol. The molecular weight excluding hydrogens is 246 g/mol. The lowest BCUT2D eigenvalue weighted by Crippen LogP contribution is -2.49. The summed E-state index contributed by atoms with van der Waals surface area (Å²) >= 11 is 0. The van der Waals surface area contributed by atoms with Gasteiger partial charge in [-0.2, -0.15) is 0 Å². The number of rotatable bonds is 0. The van der Waals surface area contributed by atoms with Gasteiger partial charge in [0.05, 0.1) is 11.2 Å². The van der Waals surface area contributed by atoms with Crippen LogP contribution in [0.5, 0.6) is 0 Å². The molecule has 0 spiro atoms. The van der Waals surface area contributed by atoms with Gasteiger partial charge in [-0.1, -0.05) is 7.43 Å². The van der Waals surface area contributed by atoms with E-state index < -0.39 is 0 Å². The molecule has 0 aliphatic carbocycles. The fraction of sp³-hybridized carbons (Fsp3) is 1.00. The molecule has 0 N–H and O–H groups in total. The lowest BCUT2D eigenvalue weighted by molar-refractivity contribution is -0.102. The summed E-state index contributed by atoms with van der Waals surface area (Å²) in [6, 6.07) is 0. The molecule has 0 saturated heterocycles. The second kappa shape index (κ2) is 7.79. The highest BCUT2D eigenvalue weighted by atomic mass is 16.5. The van der Waals surface area contributed by atoms with Crippen molar-refractivity contribution in [2.45, 2.75) is 113 Å². The van der Waals surface area contributed by atoms with Gasteiger partial charge in [-0.3, -0.25) is 4.90 Å². The Morgan fingerprint density at radius 2 is 0.750 bits per heavy atom. The second-order valence-corrected chi connectivity index (χ2v) is 9.23. The van der Waals surface area contributed by atoms with Crippen LogP contribution in [0.15, 0.2) is 0 Å². The molecule has 0 radical (unpaired) electrons. The van der Waals surface area contributed by atoms with E-state index in [2.05, 4.69) is 95.0 Å². The van der Waals surface area contributed by atoms with Crippen LogP contribution in [0.2, 0.25) is 0 Å². The van der Waals surface area contributed by atoms with Gasteiger partial charge in [0.25, 0.3) is 0 Å². The van der Waals surface area contributed by atoms with Crippen LogP contribution in [0.4, 0.5) is 0 Å². The number of nitrogens with zero attached hydrogens (tertiary/aromatic N) is 1. The zero-order valence-corrected chi connectivity index (χ0v) is 15.9. The fourth-order valence-electron chi connectivity index (χ4n) is 1.92. The van der Waals surface area contributed by atoms with E-state index in [1.165, 1.54) is 0 Å². The summed E-state index contributed by atoms with van der Waals surface area (Å²) in [5, 5.41) is 0. The average Bonchev–Trinajstić information content (AvgIpc) is 1.92. The van der Waals surface area contributed by atoms with Gasteiger partial charge in [-0.25, -0.2) is 0 Å². The van der Waals surface area contributed by atoms with Gasteiger partial charge in [0.15, 0.2) is 0 Å². The Kier molecular flexibility index (Phi) is 9.71. The van der Waals surface area contributed by atoms with Crippen molar-refractivity contribution in [3.63, 3.8) is 0 Å². The maximum atomic E-state index is 5.62. The van der Waals surface area contributed by atoms with Crippen LogP contribution in [0, 0.1) is 0 Å². The highest BCUT2D eigenvalue weighted by Crippen LogP contribution is 2.21. The van der Waals surface area contributed by atoms with Crippen LogP contribution >= 0.6 is 0 Å². The van der Waals surface area contributed by atoms with Crippen LogP contribution in [0.3, 0.4) is 0 Å². The summed E-state index contributed by atoms with van der Waals surface area (Å²) in [5.74, 6) is 0. The number of hydrogen-bond acceptors (Lipinski definition) is 2. The van der Waals surface area contributed by atoms with Crippen molar-refractivity contribution >= 4 is 0 Å². The zero-order chi connectivity index (χ0) is 16.3. The van der Waals surface area contributed by atoms with Crippen molar-refractivity contribution in [3.8, 4) is 0 Å². The van der Waals surface area contributed by atoms with Gasteiger partial charge in [-0.05, 0) is 90.1 Å². The van der Waals surface area contributed by atoms with Crippen molar-refractivity contribution in [3.05, 3.63) is 0 Å². The van der Waals surface area contributed by atoms with Gasteiger partial charge >= 0.3 is 0 Å². The molecule has 0 bridgehead atoms. The minimum atomic E-state index is -0.0156. The highest BCUT2D eigenvalue weighted by Gasteiger charge is 2.27. The molecule has 2 nitrogen and oxygen atoms in total. The molecule has 20 heavy (non-hydrogen) atoms. The summed E-state index contributed by atoms with van der Waals surface area (Å²) in [6.07, 6.45) is 0. The average molecular weight is 290 g/mol. The van der Waals surface area contributed by atoms with Crippen molar-refractivity contribution < 1.29 is 4.74 Å². The molecule has 2 heteroatoms. The van der Waals surface area contributed by atoms with Crippen molar-refractivity contribution in [2.24, 2.45) is 0 Å². The van der Waals surface area contributed by atoms with Gasteiger partial charge < -0.3 is 4.74 Å². The fourth-order valence-corrected chi connectivity index (χ4v) is 1.92. The molecule has 0 aliphatic heterocycles. The molecule has 126 valence electrons.